The van der Waals surface area contributed by atoms with Crippen molar-refractivity contribution < 1.29 is 9.30 Å². The quantitative estimate of drug-likeness (QED) is 0.0910. The van der Waals surface area contributed by atoms with Crippen LogP contribution >= 0.6 is 0 Å². The van der Waals surface area contributed by atoms with E-state index in [1.54, 1.807) is 0 Å². The normalized spacial score (nSPS) is 12.8. The van der Waals surface area contributed by atoms with Gasteiger partial charge in [-0.1, -0.05) is 172 Å². The summed E-state index contributed by atoms with van der Waals surface area (Å²) in [5, 5.41) is 0. The second-order valence-corrected chi connectivity index (χ2v) is 17.8. The van der Waals surface area contributed by atoms with Gasteiger partial charge in [-0.2, -0.15) is 0 Å². The minimum absolute atomic E-state index is 0.143. The molecule has 0 saturated heterocycles. The summed E-state index contributed by atoms with van der Waals surface area (Å²) in [6.45, 7) is 6.63. The number of fused-ring (bicyclic) bond motifs is 9. The number of imidazole rings is 1. The summed E-state index contributed by atoms with van der Waals surface area (Å²) in [6.07, 6.45) is 5.72. The Hall–Kier alpha value is -8.16. The van der Waals surface area contributed by atoms with E-state index in [1.807, 2.05) is 18.3 Å². The standard InChI is InChI=1S/C58H44BN5O/c1-58(2,3)42-35-44(63-57-55(33-18-34-60-57)64-52-30-13-11-26-50(52)49-25-10-12-29-51(49)59(63)64)38-46(36-42)65-45-24-16-23-43(37-45)61-39-62(54-32-15-14-31-53(54)61)56-47(40-19-6-4-7-20-40)27-17-28-48(56)41-21-8-5-9-22-41/h4-38H,1-3H3. The predicted molar refractivity (Wildman–Crippen MR) is 266 cm³/mol. The lowest BCUT2D eigenvalue weighted by atomic mass is 9.59. The maximum atomic E-state index is 6.99. The molecule has 4 heterocycles. The van der Waals surface area contributed by atoms with Gasteiger partial charge >= 0.3 is 6.98 Å². The second-order valence-electron chi connectivity index (χ2n) is 17.8. The van der Waals surface area contributed by atoms with E-state index in [4.69, 9.17) is 9.72 Å². The molecule has 0 spiro atoms. The van der Waals surface area contributed by atoms with Crippen LogP contribution in [0.25, 0.3) is 55.8 Å². The summed E-state index contributed by atoms with van der Waals surface area (Å²) in [6, 6.07) is 73.0. The summed E-state index contributed by atoms with van der Waals surface area (Å²) in [5.74, 6) is 2.40. The third kappa shape index (κ3) is 6.50. The molecule has 0 N–H and O–H groups in total. The molecule has 8 aromatic carbocycles. The lowest BCUT2D eigenvalue weighted by molar-refractivity contribution is -0.571. The highest BCUT2D eigenvalue weighted by Crippen LogP contribution is 2.51. The third-order valence-corrected chi connectivity index (χ3v) is 12.8. The van der Waals surface area contributed by atoms with Crippen molar-refractivity contribution in [3.05, 3.63) is 224 Å². The van der Waals surface area contributed by atoms with Crippen LogP contribution in [-0.2, 0) is 5.41 Å². The molecular weight excluding hydrogens is 793 g/mol. The summed E-state index contributed by atoms with van der Waals surface area (Å²) in [5.41, 5.74) is 16.6. The summed E-state index contributed by atoms with van der Waals surface area (Å²) in [7, 11) is 0. The molecule has 6 nitrogen and oxygen atoms in total. The monoisotopic (exact) mass is 837 g/mol. The average Bonchev–Trinajstić information content (AvgIpc) is 3.91. The number of hydrogen-bond donors (Lipinski definition) is 0. The molecule has 2 aromatic heterocycles. The molecule has 0 bridgehead atoms. The van der Waals surface area contributed by atoms with Crippen LogP contribution in [0.3, 0.4) is 0 Å². The van der Waals surface area contributed by atoms with Gasteiger partial charge in [-0.05, 0) is 92.8 Å². The number of para-hydroxylation sites is 4. The van der Waals surface area contributed by atoms with Crippen LogP contribution in [0.1, 0.15) is 26.3 Å². The van der Waals surface area contributed by atoms with E-state index in [0.717, 1.165) is 73.4 Å². The minimum atomic E-state index is -0.166. The Labute approximate surface area is 380 Å². The van der Waals surface area contributed by atoms with Crippen LogP contribution in [-0.4, -0.2) is 16.5 Å². The van der Waals surface area contributed by atoms with Gasteiger partial charge < -0.3 is 14.4 Å². The first-order valence-corrected chi connectivity index (χ1v) is 22.2. The van der Waals surface area contributed by atoms with Gasteiger partial charge in [0, 0.05) is 29.2 Å². The highest BCUT2D eigenvalue weighted by molar-refractivity contribution is 6.86. The smallest absolute Gasteiger partial charge is 0.422 e. The van der Waals surface area contributed by atoms with E-state index in [9.17, 15) is 0 Å². The van der Waals surface area contributed by atoms with Gasteiger partial charge in [0.2, 0.25) is 0 Å². The van der Waals surface area contributed by atoms with Crippen molar-refractivity contribution in [3.63, 3.8) is 0 Å². The van der Waals surface area contributed by atoms with Gasteiger partial charge in [-0.3, -0.25) is 9.13 Å². The summed E-state index contributed by atoms with van der Waals surface area (Å²) in [4.78, 5) is 9.90. The van der Waals surface area contributed by atoms with Crippen molar-refractivity contribution in [1.82, 2.24) is 9.55 Å². The summed E-state index contributed by atoms with van der Waals surface area (Å²) >= 11 is 0. The van der Waals surface area contributed by atoms with Gasteiger partial charge in [-0.15, -0.1) is 0 Å². The number of ether oxygens (including phenoxy) is 1. The van der Waals surface area contributed by atoms with Crippen LogP contribution in [0, 0.1) is 6.33 Å². The van der Waals surface area contributed by atoms with Gasteiger partial charge in [0.1, 0.15) is 17.3 Å². The number of anilines is 4. The predicted octanol–water partition coefficient (Wildman–Crippen LogP) is 13.2. The first-order valence-electron chi connectivity index (χ1n) is 22.2. The Morgan fingerprint density at radius 1 is 0.523 bits per heavy atom. The van der Waals surface area contributed by atoms with Crippen molar-refractivity contribution in [2.24, 2.45) is 0 Å². The molecule has 2 aliphatic heterocycles. The van der Waals surface area contributed by atoms with Crippen molar-refractivity contribution in [3.8, 4) is 56.3 Å². The van der Waals surface area contributed by atoms with Gasteiger partial charge in [0.05, 0.1) is 28.1 Å². The van der Waals surface area contributed by atoms with E-state index in [0.29, 0.717) is 0 Å². The van der Waals surface area contributed by atoms with Crippen molar-refractivity contribution in [2.75, 3.05) is 9.62 Å². The zero-order chi connectivity index (χ0) is 43.6. The topological polar surface area (TPSA) is 37.4 Å². The van der Waals surface area contributed by atoms with Gasteiger partial charge in [0.25, 0.3) is 6.33 Å². The molecule has 2 aliphatic rings. The molecule has 65 heavy (non-hydrogen) atoms. The fraction of sp³-hybridized carbons (Fsp3) is 0.0690. The van der Waals surface area contributed by atoms with Crippen molar-refractivity contribution in [2.45, 2.75) is 26.2 Å². The van der Waals surface area contributed by atoms with Crippen LogP contribution < -0.4 is 24.4 Å². The number of nitrogens with zero attached hydrogens (tertiary/aromatic N) is 5. The molecule has 0 aliphatic carbocycles. The Morgan fingerprint density at radius 3 is 1.92 bits per heavy atom. The maximum absolute atomic E-state index is 6.99. The number of hydrogen-bond acceptors (Lipinski definition) is 4. The fourth-order valence-corrected chi connectivity index (χ4v) is 9.75. The molecular formula is C58H44BN5O. The third-order valence-electron chi connectivity index (χ3n) is 12.8. The molecule has 310 valence electrons. The molecule has 0 unspecified atom stereocenters. The second kappa shape index (κ2) is 15.3. The Morgan fingerprint density at radius 2 is 1.15 bits per heavy atom. The first kappa shape index (κ1) is 38.5. The van der Waals surface area contributed by atoms with E-state index < -0.39 is 0 Å². The molecule has 10 aromatic rings. The average molecular weight is 838 g/mol. The highest BCUT2D eigenvalue weighted by Gasteiger charge is 2.48. The number of pyridine rings is 1. The number of aromatic nitrogens is 3. The molecule has 0 amide bonds. The highest BCUT2D eigenvalue weighted by atomic mass is 16.5. The minimum Gasteiger partial charge on any atom is -0.458 e. The molecule has 0 atom stereocenters. The lowest BCUT2D eigenvalue weighted by Crippen LogP contribution is -2.55. The lowest BCUT2D eigenvalue weighted by Gasteiger charge is -2.36. The first-order chi connectivity index (χ1) is 31.9. The van der Waals surface area contributed by atoms with Crippen molar-refractivity contribution >= 4 is 46.4 Å². The van der Waals surface area contributed by atoms with Gasteiger partial charge in [0.15, 0.2) is 0 Å². The van der Waals surface area contributed by atoms with Crippen LogP contribution in [0.5, 0.6) is 11.5 Å². The summed E-state index contributed by atoms with van der Waals surface area (Å²) < 4.78 is 11.4. The molecule has 0 saturated carbocycles. The molecule has 12 rings (SSSR count). The largest absolute Gasteiger partial charge is 0.458 e. The Bertz CT molecular complexity index is 3370. The molecule has 0 fully saturated rings. The molecule has 7 heteroatoms. The maximum Gasteiger partial charge on any atom is 0.422 e. The van der Waals surface area contributed by atoms with E-state index >= 15 is 0 Å². The SMILES string of the molecule is CC(C)(C)c1cc(Oc2cccc(-n3[c-][n+](-c4c(-c5ccccc5)cccc4-c4ccccc4)c4ccccc43)c2)cc(N2B3c4ccccc4-c4ccccc4N3c3cccnc32)c1. The van der Waals surface area contributed by atoms with Crippen LogP contribution in [0.15, 0.2) is 212 Å². The van der Waals surface area contributed by atoms with E-state index in [1.165, 1.54) is 27.8 Å². The fourth-order valence-electron chi connectivity index (χ4n) is 9.75. The number of benzene rings is 8. The van der Waals surface area contributed by atoms with Crippen LogP contribution in [0.4, 0.5) is 22.9 Å². The van der Waals surface area contributed by atoms with Crippen molar-refractivity contribution in [1.29, 1.82) is 0 Å². The van der Waals surface area contributed by atoms with Gasteiger partial charge in [-0.25, -0.2) is 4.98 Å². The Kier molecular flexibility index (Phi) is 9.05. The van der Waals surface area contributed by atoms with Crippen LogP contribution in [0.2, 0.25) is 0 Å². The molecule has 0 radical (unpaired) electrons. The Balaban J connectivity index is 0.974. The van der Waals surface area contributed by atoms with E-state index in [2.05, 4.69) is 240 Å². The zero-order valence-electron chi connectivity index (χ0n) is 36.4. The number of rotatable bonds is 7. The zero-order valence-corrected chi connectivity index (χ0v) is 36.4. The van der Waals surface area contributed by atoms with E-state index in [-0.39, 0.29) is 12.4 Å².